The van der Waals surface area contributed by atoms with Crippen LogP contribution in [0.5, 0.6) is 5.75 Å². The molecule has 25 heavy (non-hydrogen) atoms. The number of nitrogens with two attached hydrogens (primary N) is 1. The molecule has 0 aliphatic heterocycles. The Kier molecular flexibility index (Phi) is 5.49. The van der Waals surface area contributed by atoms with Crippen LogP contribution < -0.4 is 15.2 Å². The Bertz CT molecular complexity index is 862. The lowest BCUT2D eigenvalue weighted by molar-refractivity contribution is -0.117. The van der Waals surface area contributed by atoms with Crippen molar-refractivity contribution in [1.82, 2.24) is 0 Å². The largest absolute Gasteiger partial charge is 0.495 e. The smallest absolute Gasteiger partial charge is 0.241 e. The molecule has 0 aliphatic carbocycles. The maximum atomic E-state index is 12.4. The van der Waals surface area contributed by atoms with E-state index in [0.29, 0.717) is 5.69 Å². The van der Waals surface area contributed by atoms with E-state index in [1.807, 2.05) is 44.2 Å². The van der Waals surface area contributed by atoms with Gasteiger partial charge in [0, 0.05) is 12.1 Å². The number of rotatable bonds is 6. The standard InChI is InChI=1S/C18H22N2O4S/c1-18(2,13-7-5-4-6-8-13)12-17(21)20-14-9-10-15(24-3)16(11-14)25(19,22)23/h4-11H,12H2,1-3H3,(H,20,21)(H2,19,22,23). The number of hydrogen-bond acceptors (Lipinski definition) is 4. The second-order valence-electron chi connectivity index (χ2n) is 6.39. The molecule has 0 unspecified atom stereocenters. The van der Waals surface area contributed by atoms with Crippen molar-refractivity contribution in [3.8, 4) is 5.75 Å². The molecule has 0 spiro atoms. The normalized spacial score (nSPS) is 11.8. The summed E-state index contributed by atoms with van der Waals surface area (Å²) in [4.78, 5) is 12.2. The topological polar surface area (TPSA) is 98.5 Å². The fourth-order valence-corrected chi connectivity index (χ4v) is 3.30. The molecule has 0 fully saturated rings. The second-order valence-corrected chi connectivity index (χ2v) is 7.92. The molecule has 0 aromatic heterocycles. The maximum absolute atomic E-state index is 12.4. The third-order valence-electron chi connectivity index (χ3n) is 3.91. The van der Waals surface area contributed by atoms with Gasteiger partial charge in [0.1, 0.15) is 10.6 Å². The van der Waals surface area contributed by atoms with E-state index in [-0.39, 0.29) is 28.4 Å². The molecule has 0 bridgehead atoms. The number of methoxy groups -OCH3 is 1. The van der Waals surface area contributed by atoms with E-state index in [1.165, 1.54) is 19.2 Å². The van der Waals surface area contributed by atoms with E-state index in [9.17, 15) is 13.2 Å². The molecule has 2 rings (SSSR count). The van der Waals surface area contributed by atoms with Gasteiger partial charge in [-0.15, -0.1) is 0 Å². The van der Waals surface area contributed by atoms with Crippen molar-refractivity contribution in [3.63, 3.8) is 0 Å². The highest BCUT2D eigenvalue weighted by molar-refractivity contribution is 7.89. The summed E-state index contributed by atoms with van der Waals surface area (Å²) in [6, 6.07) is 14.0. The van der Waals surface area contributed by atoms with Gasteiger partial charge in [-0.3, -0.25) is 4.79 Å². The number of hydrogen-bond donors (Lipinski definition) is 2. The Labute approximate surface area is 148 Å². The highest BCUT2D eigenvalue weighted by Crippen LogP contribution is 2.29. The first-order valence-corrected chi connectivity index (χ1v) is 9.24. The van der Waals surface area contributed by atoms with Gasteiger partial charge in [-0.1, -0.05) is 44.2 Å². The first-order chi connectivity index (χ1) is 11.6. The lowest BCUT2D eigenvalue weighted by Crippen LogP contribution is -2.26. The third-order valence-corrected chi connectivity index (χ3v) is 4.84. The lowest BCUT2D eigenvalue weighted by atomic mass is 9.81. The SMILES string of the molecule is COc1ccc(NC(=O)CC(C)(C)c2ccccc2)cc1S(N)(=O)=O. The van der Waals surface area contributed by atoms with E-state index in [2.05, 4.69) is 5.32 Å². The number of carbonyl (C=O) groups is 1. The minimum Gasteiger partial charge on any atom is -0.495 e. The number of carbonyl (C=O) groups excluding carboxylic acids is 1. The van der Waals surface area contributed by atoms with Gasteiger partial charge in [-0.25, -0.2) is 13.6 Å². The van der Waals surface area contributed by atoms with E-state index in [0.717, 1.165) is 5.56 Å². The van der Waals surface area contributed by atoms with Crippen LogP contribution in [-0.4, -0.2) is 21.4 Å². The highest BCUT2D eigenvalue weighted by atomic mass is 32.2. The fourth-order valence-electron chi connectivity index (χ4n) is 2.57. The molecule has 2 aromatic carbocycles. The van der Waals surface area contributed by atoms with Gasteiger partial charge in [-0.05, 0) is 29.2 Å². The third kappa shape index (κ3) is 4.80. The van der Waals surface area contributed by atoms with Gasteiger partial charge in [0.25, 0.3) is 0 Å². The summed E-state index contributed by atoms with van der Waals surface area (Å²) in [5.74, 6) is -0.0931. The van der Waals surface area contributed by atoms with E-state index in [4.69, 9.17) is 9.88 Å². The Morgan fingerprint density at radius 1 is 1.16 bits per heavy atom. The zero-order valence-electron chi connectivity index (χ0n) is 14.4. The van der Waals surface area contributed by atoms with Crippen LogP contribution in [0.4, 0.5) is 5.69 Å². The van der Waals surface area contributed by atoms with Crippen LogP contribution in [-0.2, 0) is 20.2 Å². The van der Waals surface area contributed by atoms with Crippen molar-refractivity contribution in [2.45, 2.75) is 30.6 Å². The molecule has 1 amide bonds. The maximum Gasteiger partial charge on any atom is 0.241 e. The number of nitrogens with one attached hydrogen (secondary N) is 1. The van der Waals surface area contributed by atoms with Gasteiger partial charge < -0.3 is 10.1 Å². The fraction of sp³-hybridized carbons (Fsp3) is 0.278. The molecule has 0 atom stereocenters. The van der Waals surface area contributed by atoms with Crippen LogP contribution >= 0.6 is 0 Å². The first-order valence-electron chi connectivity index (χ1n) is 7.70. The molecule has 7 heteroatoms. The number of benzene rings is 2. The average Bonchev–Trinajstić information content (AvgIpc) is 2.54. The van der Waals surface area contributed by atoms with Crippen LogP contribution in [0, 0.1) is 0 Å². The van der Waals surface area contributed by atoms with E-state index in [1.54, 1.807) is 6.07 Å². The molecule has 134 valence electrons. The van der Waals surface area contributed by atoms with Gasteiger partial charge >= 0.3 is 0 Å². The van der Waals surface area contributed by atoms with Gasteiger partial charge in [0.2, 0.25) is 15.9 Å². The van der Waals surface area contributed by atoms with Crippen molar-refractivity contribution in [1.29, 1.82) is 0 Å². The van der Waals surface area contributed by atoms with Crippen LogP contribution in [0.3, 0.4) is 0 Å². The second kappa shape index (κ2) is 7.25. The summed E-state index contributed by atoms with van der Waals surface area (Å²) < 4.78 is 28.3. The summed E-state index contributed by atoms with van der Waals surface area (Å²) in [5, 5.41) is 7.91. The zero-order valence-corrected chi connectivity index (χ0v) is 15.3. The predicted molar refractivity (Wildman–Crippen MR) is 97.1 cm³/mol. The quantitative estimate of drug-likeness (QED) is 0.825. The van der Waals surface area contributed by atoms with E-state index < -0.39 is 10.0 Å². The number of sulfonamides is 1. The molecule has 0 saturated carbocycles. The zero-order chi connectivity index (χ0) is 18.7. The van der Waals surface area contributed by atoms with Crippen LogP contribution in [0.25, 0.3) is 0 Å². The molecular formula is C18H22N2O4S. The molecule has 3 N–H and O–H groups in total. The summed E-state index contributed by atoms with van der Waals surface area (Å²) >= 11 is 0. The van der Waals surface area contributed by atoms with Crippen LogP contribution in [0.2, 0.25) is 0 Å². The Balaban J connectivity index is 2.18. The lowest BCUT2D eigenvalue weighted by Gasteiger charge is -2.24. The number of ether oxygens (including phenoxy) is 1. The number of amides is 1. The van der Waals surface area contributed by atoms with Crippen LogP contribution in [0.15, 0.2) is 53.4 Å². The molecule has 0 radical (unpaired) electrons. The Morgan fingerprint density at radius 2 is 1.80 bits per heavy atom. The van der Waals surface area contributed by atoms with Crippen molar-refractivity contribution < 1.29 is 17.9 Å². The summed E-state index contributed by atoms with van der Waals surface area (Å²) in [6.45, 7) is 3.96. The highest BCUT2D eigenvalue weighted by Gasteiger charge is 2.24. The van der Waals surface area contributed by atoms with Crippen LogP contribution in [0.1, 0.15) is 25.8 Å². The van der Waals surface area contributed by atoms with Crippen molar-refractivity contribution in [2.24, 2.45) is 5.14 Å². The minimum atomic E-state index is -3.96. The molecule has 0 saturated heterocycles. The Hall–Kier alpha value is -2.38. The summed E-state index contributed by atoms with van der Waals surface area (Å²) in [7, 11) is -2.61. The molecule has 0 aliphatic rings. The van der Waals surface area contributed by atoms with Gasteiger partial charge in [0.05, 0.1) is 7.11 Å². The van der Waals surface area contributed by atoms with Crippen molar-refractivity contribution in [3.05, 3.63) is 54.1 Å². The predicted octanol–water partition coefficient (Wildman–Crippen LogP) is 2.65. The first kappa shape index (κ1) is 19.0. The number of anilines is 1. The van der Waals surface area contributed by atoms with Gasteiger partial charge in [-0.2, -0.15) is 0 Å². The van der Waals surface area contributed by atoms with Crippen molar-refractivity contribution >= 4 is 21.6 Å². The average molecular weight is 362 g/mol. The molecule has 0 heterocycles. The van der Waals surface area contributed by atoms with E-state index >= 15 is 0 Å². The molecule has 2 aromatic rings. The van der Waals surface area contributed by atoms with Gasteiger partial charge in [0.15, 0.2) is 0 Å². The summed E-state index contributed by atoms with van der Waals surface area (Å²) in [5.41, 5.74) is 1.03. The van der Waals surface area contributed by atoms with Crippen molar-refractivity contribution in [2.75, 3.05) is 12.4 Å². The minimum absolute atomic E-state index is 0.130. The molecule has 6 nitrogen and oxygen atoms in total. The monoisotopic (exact) mass is 362 g/mol. The molecular weight excluding hydrogens is 340 g/mol. The summed E-state index contributed by atoms with van der Waals surface area (Å²) in [6.07, 6.45) is 0.244. The Morgan fingerprint density at radius 3 is 2.36 bits per heavy atom. The number of primary sulfonamides is 1.